The number of hydrogen-bond acceptors (Lipinski definition) is 5. The Morgan fingerprint density at radius 2 is 1.97 bits per heavy atom. The third-order valence-electron chi connectivity index (χ3n) is 5.84. The third-order valence-corrected chi connectivity index (χ3v) is 5.84. The Hall–Kier alpha value is -2.73. The molecule has 3 aromatic rings. The van der Waals surface area contributed by atoms with E-state index in [0.717, 1.165) is 47.8 Å². The van der Waals surface area contributed by atoms with Crippen LogP contribution in [-0.2, 0) is 13.0 Å². The average Bonchev–Trinajstić information content (AvgIpc) is 3.43. The van der Waals surface area contributed by atoms with Crippen LogP contribution in [0.4, 0.5) is 0 Å². The molecule has 0 saturated carbocycles. The van der Waals surface area contributed by atoms with Crippen molar-refractivity contribution in [1.82, 2.24) is 24.4 Å². The highest BCUT2D eigenvalue weighted by atomic mass is 16.5. The van der Waals surface area contributed by atoms with Gasteiger partial charge in [0.25, 0.3) is 0 Å². The molecule has 6 heteroatoms. The molecule has 1 saturated heterocycles. The van der Waals surface area contributed by atoms with Crippen molar-refractivity contribution >= 4 is 0 Å². The topological polar surface area (TPSA) is 56.1 Å². The summed E-state index contributed by atoms with van der Waals surface area (Å²) in [4.78, 5) is 16.3. The van der Waals surface area contributed by atoms with Crippen molar-refractivity contribution in [2.75, 3.05) is 20.2 Å². The summed E-state index contributed by atoms with van der Waals surface area (Å²) in [6.07, 6.45) is 11.2. The Kier molecular flexibility index (Phi) is 5.90. The lowest BCUT2D eigenvalue weighted by atomic mass is 10.1. The van der Waals surface area contributed by atoms with Crippen LogP contribution in [0.25, 0.3) is 22.8 Å². The maximum Gasteiger partial charge on any atom is 0.162 e. The van der Waals surface area contributed by atoms with Crippen LogP contribution in [0.3, 0.4) is 0 Å². The van der Waals surface area contributed by atoms with Gasteiger partial charge in [0.15, 0.2) is 5.82 Å². The summed E-state index contributed by atoms with van der Waals surface area (Å²) in [6.45, 7) is 7.61. The van der Waals surface area contributed by atoms with E-state index in [1.165, 1.54) is 19.4 Å². The SMILES string of the molecule is CCc1cnc(-c2cc(-c3nccn3C[C@@H]3CCCN3CC)ccc2OC)nc1. The monoisotopic (exact) mass is 391 g/mol. The minimum atomic E-state index is 0.579. The molecular formula is C23H29N5O. The highest BCUT2D eigenvalue weighted by Gasteiger charge is 2.24. The molecule has 2 aromatic heterocycles. The highest BCUT2D eigenvalue weighted by Crippen LogP contribution is 2.32. The maximum absolute atomic E-state index is 5.58. The Balaban J connectivity index is 1.67. The van der Waals surface area contributed by atoms with Gasteiger partial charge in [0.05, 0.1) is 12.7 Å². The van der Waals surface area contributed by atoms with Crippen molar-refractivity contribution in [2.45, 2.75) is 45.7 Å². The molecule has 0 spiro atoms. The van der Waals surface area contributed by atoms with Crippen LogP contribution in [0.2, 0.25) is 0 Å². The van der Waals surface area contributed by atoms with E-state index in [4.69, 9.17) is 4.74 Å². The summed E-state index contributed by atoms with van der Waals surface area (Å²) < 4.78 is 7.85. The summed E-state index contributed by atoms with van der Waals surface area (Å²) in [5.41, 5.74) is 3.06. The fraction of sp³-hybridized carbons (Fsp3) is 0.435. The number of benzene rings is 1. The van der Waals surface area contributed by atoms with E-state index in [2.05, 4.69) is 56.6 Å². The number of likely N-dealkylation sites (N-methyl/N-ethyl adjacent to an activating group) is 1. The van der Waals surface area contributed by atoms with Gasteiger partial charge in [0.2, 0.25) is 0 Å². The number of likely N-dealkylation sites (tertiary alicyclic amines) is 1. The number of methoxy groups -OCH3 is 1. The molecule has 1 aliphatic heterocycles. The van der Waals surface area contributed by atoms with Gasteiger partial charge in [-0.3, -0.25) is 4.90 Å². The van der Waals surface area contributed by atoms with Gasteiger partial charge >= 0.3 is 0 Å². The van der Waals surface area contributed by atoms with Crippen molar-refractivity contribution < 1.29 is 4.74 Å². The first-order chi connectivity index (χ1) is 14.2. The average molecular weight is 392 g/mol. The summed E-state index contributed by atoms with van der Waals surface area (Å²) in [6, 6.07) is 6.71. The molecular weight excluding hydrogens is 362 g/mol. The number of rotatable bonds is 7. The van der Waals surface area contributed by atoms with Crippen LogP contribution in [-0.4, -0.2) is 50.7 Å². The van der Waals surface area contributed by atoms with Gasteiger partial charge in [0, 0.05) is 42.9 Å². The molecule has 1 fully saturated rings. The van der Waals surface area contributed by atoms with Gasteiger partial charge in [0.1, 0.15) is 11.6 Å². The van der Waals surface area contributed by atoms with E-state index >= 15 is 0 Å². The zero-order chi connectivity index (χ0) is 20.2. The molecule has 0 amide bonds. The number of nitrogens with zero attached hydrogens (tertiary/aromatic N) is 5. The Bertz CT molecular complexity index is 950. The molecule has 0 radical (unpaired) electrons. The second-order valence-corrected chi connectivity index (χ2v) is 7.51. The minimum Gasteiger partial charge on any atom is -0.496 e. The second-order valence-electron chi connectivity index (χ2n) is 7.51. The van der Waals surface area contributed by atoms with Crippen molar-refractivity contribution in [1.29, 1.82) is 0 Å². The van der Waals surface area contributed by atoms with Crippen LogP contribution in [0.5, 0.6) is 5.75 Å². The van der Waals surface area contributed by atoms with E-state index in [9.17, 15) is 0 Å². The molecule has 0 unspecified atom stereocenters. The molecule has 0 aliphatic carbocycles. The van der Waals surface area contributed by atoms with Gasteiger partial charge in [-0.15, -0.1) is 0 Å². The van der Waals surface area contributed by atoms with Crippen molar-refractivity contribution in [3.05, 3.63) is 48.5 Å². The van der Waals surface area contributed by atoms with Crippen LogP contribution in [0.15, 0.2) is 43.0 Å². The molecule has 3 heterocycles. The molecule has 1 aromatic carbocycles. The molecule has 29 heavy (non-hydrogen) atoms. The minimum absolute atomic E-state index is 0.579. The first kappa shape index (κ1) is 19.6. The van der Waals surface area contributed by atoms with Gasteiger partial charge in [-0.1, -0.05) is 13.8 Å². The number of imidazole rings is 1. The Labute approximate surface area is 172 Å². The van der Waals surface area contributed by atoms with Gasteiger partial charge < -0.3 is 9.30 Å². The van der Waals surface area contributed by atoms with Crippen molar-refractivity contribution in [3.63, 3.8) is 0 Å². The standard InChI is InChI=1S/C23H29N5O/c1-4-17-14-25-22(26-15-17)20-13-18(8-9-21(20)29-3)23-24-10-12-28(23)16-19-7-6-11-27(19)5-2/h8-10,12-15,19H,4-7,11,16H2,1-3H3/t19-/m0/s1. The van der Waals surface area contributed by atoms with E-state index in [1.807, 2.05) is 24.7 Å². The van der Waals surface area contributed by atoms with Gasteiger partial charge in [-0.05, 0) is 56.1 Å². The number of hydrogen-bond donors (Lipinski definition) is 0. The predicted octanol–water partition coefficient (Wildman–Crippen LogP) is 4.06. The number of aryl methyl sites for hydroxylation is 1. The fourth-order valence-electron chi connectivity index (χ4n) is 4.16. The molecule has 1 aliphatic rings. The van der Waals surface area contributed by atoms with Crippen molar-refractivity contribution in [3.8, 4) is 28.5 Å². The molecule has 1 atom stereocenters. The number of ether oxygens (including phenoxy) is 1. The molecule has 0 bridgehead atoms. The number of aromatic nitrogens is 4. The molecule has 0 N–H and O–H groups in total. The zero-order valence-electron chi connectivity index (χ0n) is 17.5. The van der Waals surface area contributed by atoms with E-state index in [-0.39, 0.29) is 0 Å². The summed E-state index contributed by atoms with van der Waals surface area (Å²) in [7, 11) is 1.68. The second kappa shape index (κ2) is 8.74. The summed E-state index contributed by atoms with van der Waals surface area (Å²) >= 11 is 0. The largest absolute Gasteiger partial charge is 0.496 e. The molecule has 152 valence electrons. The first-order valence-corrected chi connectivity index (χ1v) is 10.5. The molecule has 4 rings (SSSR count). The third kappa shape index (κ3) is 4.03. The Morgan fingerprint density at radius 1 is 1.14 bits per heavy atom. The predicted molar refractivity (Wildman–Crippen MR) is 115 cm³/mol. The lowest BCUT2D eigenvalue weighted by molar-refractivity contribution is 0.245. The van der Waals surface area contributed by atoms with E-state index in [1.54, 1.807) is 7.11 Å². The van der Waals surface area contributed by atoms with Crippen LogP contribution in [0.1, 0.15) is 32.3 Å². The lowest BCUT2D eigenvalue weighted by Crippen LogP contribution is -2.32. The Morgan fingerprint density at radius 3 is 2.69 bits per heavy atom. The van der Waals surface area contributed by atoms with E-state index < -0.39 is 0 Å². The van der Waals surface area contributed by atoms with Crippen LogP contribution >= 0.6 is 0 Å². The van der Waals surface area contributed by atoms with Gasteiger partial charge in [-0.25, -0.2) is 15.0 Å². The molecule has 6 nitrogen and oxygen atoms in total. The van der Waals surface area contributed by atoms with Crippen molar-refractivity contribution in [2.24, 2.45) is 0 Å². The zero-order valence-corrected chi connectivity index (χ0v) is 17.5. The van der Waals surface area contributed by atoms with E-state index in [0.29, 0.717) is 11.9 Å². The maximum atomic E-state index is 5.58. The van der Waals surface area contributed by atoms with Crippen LogP contribution in [0, 0.1) is 0 Å². The smallest absolute Gasteiger partial charge is 0.162 e. The lowest BCUT2D eigenvalue weighted by Gasteiger charge is -2.24. The quantitative estimate of drug-likeness (QED) is 0.608. The summed E-state index contributed by atoms with van der Waals surface area (Å²) in [5, 5.41) is 0. The first-order valence-electron chi connectivity index (χ1n) is 10.5. The normalized spacial score (nSPS) is 17.0. The van der Waals surface area contributed by atoms with Gasteiger partial charge in [-0.2, -0.15) is 0 Å². The van der Waals surface area contributed by atoms with Crippen LogP contribution < -0.4 is 4.74 Å². The highest BCUT2D eigenvalue weighted by molar-refractivity contribution is 5.72. The fourth-order valence-corrected chi connectivity index (χ4v) is 4.16. The summed E-state index contributed by atoms with van der Waals surface area (Å²) in [5.74, 6) is 2.41.